The van der Waals surface area contributed by atoms with Crippen LogP contribution in [0.5, 0.6) is 0 Å². The van der Waals surface area contributed by atoms with Gasteiger partial charge in [-0.1, -0.05) is 11.6 Å². The minimum atomic E-state index is -0.130. The third-order valence-corrected chi connectivity index (χ3v) is 5.36. The maximum Gasteiger partial charge on any atom is 0.238 e. The van der Waals surface area contributed by atoms with Gasteiger partial charge in [-0.2, -0.15) is 5.26 Å². The molecule has 2 aromatic rings. The summed E-state index contributed by atoms with van der Waals surface area (Å²) in [6.07, 6.45) is 0.977. The highest BCUT2D eigenvalue weighted by Crippen LogP contribution is 2.32. The van der Waals surface area contributed by atoms with Crippen molar-refractivity contribution in [1.82, 2.24) is 4.90 Å². The standard InChI is InChI=1S/C17H16ClN3OS/c1-11-14-5-7-23-16(14)4-6-21(11)10-17(22)20-15-8-13(18)3-2-12(15)9-19/h2-3,5,7-8,11H,4,6,10H2,1H3,(H,20,22)/t11-/m0/s1. The quantitative estimate of drug-likeness (QED) is 0.919. The molecule has 0 aliphatic carbocycles. The fraction of sp³-hybridized carbons (Fsp3) is 0.294. The van der Waals surface area contributed by atoms with E-state index in [1.807, 2.05) is 0 Å². The predicted octanol–water partition coefficient (Wildman–Crippen LogP) is 3.83. The summed E-state index contributed by atoms with van der Waals surface area (Å²) in [5, 5.41) is 14.5. The van der Waals surface area contributed by atoms with E-state index in [1.54, 1.807) is 29.5 Å². The summed E-state index contributed by atoms with van der Waals surface area (Å²) < 4.78 is 0. The Morgan fingerprint density at radius 2 is 2.35 bits per heavy atom. The highest BCUT2D eigenvalue weighted by Gasteiger charge is 2.26. The molecule has 0 radical (unpaired) electrons. The molecule has 1 aromatic heterocycles. The number of carbonyl (C=O) groups excluding carboxylic acids is 1. The molecule has 1 N–H and O–H groups in total. The number of thiophene rings is 1. The van der Waals surface area contributed by atoms with Crippen LogP contribution < -0.4 is 5.32 Å². The first-order valence-corrected chi connectivity index (χ1v) is 8.64. The van der Waals surface area contributed by atoms with Gasteiger partial charge in [0, 0.05) is 22.5 Å². The van der Waals surface area contributed by atoms with Gasteiger partial charge < -0.3 is 5.32 Å². The van der Waals surface area contributed by atoms with Crippen molar-refractivity contribution < 1.29 is 4.79 Å². The molecule has 1 amide bonds. The molecule has 6 heteroatoms. The summed E-state index contributed by atoms with van der Waals surface area (Å²) in [5.41, 5.74) is 2.19. The zero-order valence-corrected chi connectivity index (χ0v) is 14.2. The van der Waals surface area contributed by atoms with Crippen LogP contribution in [0.1, 0.15) is 29.0 Å². The average Bonchev–Trinajstić information content (AvgIpc) is 3.00. The number of amides is 1. The number of nitrogens with one attached hydrogen (secondary N) is 1. The first-order valence-electron chi connectivity index (χ1n) is 7.38. The Morgan fingerprint density at radius 1 is 1.52 bits per heavy atom. The maximum absolute atomic E-state index is 12.4. The molecule has 0 saturated carbocycles. The van der Waals surface area contributed by atoms with Crippen molar-refractivity contribution >= 4 is 34.5 Å². The molecular formula is C17H16ClN3OS. The van der Waals surface area contributed by atoms with Crippen molar-refractivity contribution in [2.45, 2.75) is 19.4 Å². The van der Waals surface area contributed by atoms with Crippen molar-refractivity contribution in [3.63, 3.8) is 0 Å². The van der Waals surface area contributed by atoms with E-state index in [0.29, 0.717) is 22.8 Å². The van der Waals surface area contributed by atoms with Crippen molar-refractivity contribution in [2.24, 2.45) is 0 Å². The van der Waals surface area contributed by atoms with E-state index < -0.39 is 0 Å². The van der Waals surface area contributed by atoms with Crippen LogP contribution in [0.25, 0.3) is 0 Å². The molecule has 3 rings (SSSR count). The first kappa shape index (κ1) is 16.0. The van der Waals surface area contributed by atoms with E-state index in [1.165, 1.54) is 10.4 Å². The van der Waals surface area contributed by atoms with Gasteiger partial charge >= 0.3 is 0 Å². The molecule has 1 aliphatic rings. The average molecular weight is 346 g/mol. The lowest BCUT2D eigenvalue weighted by molar-refractivity contribution is -0.117. The van der Waals surface area contributed by atoms with E-state index in [2.05, 4.69) is 34.7 Å². The van der Waals surface area contributed by atoms with Gasteiger partial charge in [-0.25, -0.2) is 0 Å². The van der Waals surface area contributed by atoms with Crippen molar-refractivity contribution in [3.05, 3.63) is 50.7 Å². The largest absolute Gasteiger partial charge is 0.324 e. The number of carbonyl (C=O) groups is 1. The van der Waals surface area contributed by atoms with Gasteiger partial charge in [0.2, 0.25) is 5.91 Å². The fourth-order valence-electron chi connectivity index (χ4n) is 2.87. The summed E-state index contributed by atoms with van der Waals surface area (Å²) in [6, 6.07) is 9.29. The monoisotopic (exact) mass is 345 g/mol. The molecule has 0 unspecified atom stereocenters. The van der Waals surface area contributed by atoms with Gasteiger partial charge in [-0.3, -0.25) is 9.69 Å². The SMILES string of the molecule is C[C@H]1c2ccsc2CCN1CC(=O)Nc1cc(Cl)ccc1C#N. The third-order valence-electron chi connectivity index (χ3n) is 4.13. The number of rotatable bonds is 3. The van der Waals surface area contributed by atoms with Crippen LogP contribution in [0.15, 0.2) is 29.6 Å². The van der Waals surface area contributed by atoms with Gasteiger partial charge in [0.15, 0.2) is 0 Å². The predicted molar refractivity (Wildman–Crippen MR) is 92.8 cm³/mol. The van der Waals surface area contributed by atoms with Crippen LogP contribution >= 0.6 is 22.9 Å². The minimum Gasteiger partial charge on any atom is -0.324 e. The molecule has 0 saturated heterocycles. The molecule has 0 spiro atoms. The minimum absolute atomic E-state index is 0.130. The lowest BCUT2D eigenvalue weighted by Crippen LogP contribution is -2.39. The number of halogens is 1. The topological polar surface area (TPSA) is 56.1 Å². The van der Waals surface area contributed by atoms with Crippen molar-refractivity contribution in [1.29, 1.82) is 5.26 Å². The van der Waals surface area contributed by atoms with E-state index in [9.17, 15) is 4.79 Å². The number of hydrogen-bond donors (Lipinski definition) is 1. The maximum atomic E-state index is 12.4. The van der Waals surface area contributed by atoms with Gasteiger partial charge in [0.05, 0.1) is 17.8 Å². The van der Waals surface area contributed by atoms with E-state index in [4.69, 9.17) is 16.9 Å². The Morgan fingerprint density at radius 3 is 3.13 bits per heavy atom. The van der Waals surface area contributed by atoms with E-state index in [-0.39, 0.29) is 11.9 Å². The summed E-state index contributed by atoms with van der Waals surface area (Å²) in [6.45, 7) is 3.29. The summed E-state index contributed by atoms with van der Waals surface area (Å²) in [5.74, 6) is -0.130. The Labute approximate surface area is 144 Å². The highest BCUT2D eigenvalue weighted by molar-refractivity contribution is 7.10. The Balaban J connectivity index is 1.69. The Hall–Kier alpha value is -1.87. The van der Waals surface area contributed by atoms with E-state index in [0.717, 1.165) is 13.0 Å². The molecule has 0 bridgehead atoms. The normalized spacial score (nSPS) is 17.3. The second kappa shape index (κ2) is 6.71. The third kappa shape index (κ3) is 3.40. The Kier molecular flexibility index (Phi) is 4.67. The summed E-state index contributed by atoms with van der Waals surface area (Å²) in [4.78, 5) is 15.9. The number of nitrogens with zero attached hydrogens (tertiary/aromatic N) is 2. The molecular weight excluding hydrogens is 330 g/mol. The molecule has 4 nitrogen and oxygen atoms in total. The van der Waals surface area contributed by atoms with Crippen LogP contribution in [-0.4, -0.2) is 23.9 Å². The number of benzene rings is 1. The van der Waals surface area contributed by atoms with Crippen molar-refractivity contribution in [3.8, 4) is 6.07 Å². The summed E-state index contributed by atoms with van der Waals surface area (Å²) in [7, 11) is 0. The van der Waals surface area contributed by atoms with Gasteiger partial charge in [0.1, 0.15) is 6.07 Å². The Bertz CT molecular complexity index is 780. The van der Waals surface area contributed by atoms with Gasteiger partial charge in [0.25, 0.3) is 0 Å². The van der Waals surface area contributed by atoms with Crippen molar-refractivity contribution in [2.75, 3.05) is 18.4 Å². The first-order chi connectivity index (χ1) is 11.1. The fourth-order valence-corrected chi connectivity index (χ4v) is 4.00. The smallest absolute Gasteiger partial charge is 0.238 e. The van der Waals surface area contributed by atoms with Crippen LogP contribution in [0.3, 0.4) is 0 Å². The van der Waals surface area contributed by atoms with Gasteiger partial charge in [-0.15, -0.1) is 11.3 Å². The second-order valence-electron chi connectivity index (χ2n) is 5.55. The number of anilines is 1. The van der Waals surface area contributed by atoms with Crippen LogP contribution in [0, 0.1) is 11.3 Å². The van der Waals surface area contributed by atoms with E-state index >= 15 is 0 Å². The lowest BCUT2D eigenvalue weighted by atomic mass is 10.0. The number of fused-ring (bicyclic) bond motifs is 1. The zero-order chi connectivity index (χ0) is 16.4. The van der Waals surface area contributed by atoms with Crippen LogP contribution in [0.2, 0.25) is 5.02 Å². The van der Waals surface area contributed by atoms with Crippen LogP contribution in [-0.2, 0) is 11.2 Å². The molecule has 1 aromatic carbocycles. The molecule has 23 heavy (non-hydrogen) atoms. The zero-order valence-electron chi connectivity index (χ0n) is 12.7. The summed E-state index contributed by atoms with van der Waals surface area (Å²) >= 11 is 7.73. The highest BCUT2D eigenvalue weighted by atomic mass is 35.5. The molecule has 1 atom stereocenters. The van der Waals surface area contributed by atoms with Gasteiger partial charge in [-0.05, 0) is 48.6 Å². The second-order valence-corrected chi connectivity index (χ2v) is 6.98. The molecule has 2 heterocycles. The number of hydrogen-bond acceptors (Lipinski definition) is 4. The molecule has 0 fully saturated rings. The lowest BCUT2D eigenvalue weighted by Gasteiger charge is -2.32. The molecule has 118 valence electrons. The number of nitriles is 1. The van der Waals surface area contributed by atoms with Crippen LogP contribution in [0.4, 0.5) is 5.69 Å². The molecule has 1 aliphatic heterocycles.